The van der Waals surface area contributed by atoms with Crippen LogP contribution in [0.1, 0.15) is 11.7 Å². The van der Waals surface area contributed by atoms with Crippen molar-refractivity contribution in [2.24, 2.45) is 0 Å². The molecule has 4 heterocycles. The van der Waals surface area contributed by atoms with Crippen molar-refractivity contribution in [2.45, 2.75) is 12.5 Å². The van der Waals surface area contributed by atoms with Gasteiger partial charge in [-0.2, -0.15) is 10.4 Å². The number of imidazole rings is 1. The maximum atomic E-state index is 4.41. The first kappa shape index (κ1) is 10.1. The Balaban J connectivity index is 1.65. The molecule has 19 heavy (non-hydrogen) atoms. The van der Waals surface area contributed by atoms with Crippen molar-refractivity contribution in [3.63, 3.8) is 0 Å². The Kier molecular flexibility index (Phi) is 2.04. The summed E-state index contributed by atoms with van der Waals surface area (Å²) in [4.78, 5) is 4.41. The summed E-state index contributed by atoms with van der Waals surface area (Å²) in [6, 6.07) is 0. The summed E-state index contributed by atoms with van der Waals surface area (Å²) >= 11 is 0. The number of hydrogen-bond acceptors (Lipinski definition) is 8. The van der Waals surface area contributed by atoms with Gasteiger partial charge in [0.25, 0.3) is 0 Å². The lowest BCUT2D eigenvalue weighted by atomic mass is 10.1. The molecule has 1 atom stereocenters. The van der Waals surface area contributed by atoms with E-state index in [0.29, 0.717) is 23.9 Å². The number of hydrogen-bond donors (Lipinski definition) is 3. The molecule has 0 amide bonds. The molecular formula is C8H9N11. The molecule has 0 bridgehead atoms. The second-order valence-electron chi connectivity index (χ2n) is 4.19. The Hall–Kier alpha value is -2.85. The van der Waals surface area contributed by atoms with E-state index in [9.17, 15) is 0 Å². The molecule has 0 saturated heterocycles. The van der Waals surface area contributed by atoms with E-state index in [1.165, 1.54) is 0 Å². The summed E-state index contributed by atoms with van der Waals surface area (Å²) in [5.74, 6) is 2.09. The second kappa shape index (κ2) is 3.83. The molecule has 0 saturated carbocycles. The normalized spacial score (nSPS) is 18.0. The molecule has 1 aliphatic rings. The van der Waals surface area contributed by atoms with Gasteiger partial charge < -0.3 is 9.88 Å². The lowest BCUT2D eigenvalue weighted by Crippen LogP contribution is -2.26. The van der Waals surface area contributed by atoms with Gasteiger partial charge in [0.1, 0.15) is 5.69 Å². The van der Waals surface area contributed by atoms with Crippen LogP contribution in [0.15, 0.2) is 6.20 Å². The summed E-state index contributed by atoms with van der Waals surface area (Å²) in [7, 11) is 0. The number of anilines is 1. The maximum Gasteiger partial charge on any atom is 0.224 e. The first-order chi connectivity index (χ1) is 9.40. The van der Waals surface area contributed by atoms with Crippen LogP contribution in [0.2, 0.25) is 0 Å². The van der Waals surface area contributed by atoms with Crippen LogP contribution in [0, 0.1) is 0 Å². The first-order valence-corrected chi connectivity index (χ1v) is 5.68. The molecule has 11 heteroatoms. The fraction of sp³-hybridized carbons (Fsp3) is 0.375. The van der Waals surface area contributed by atoms with Crippen LogP contribution in [0.4, 0.5) is 5.95 Å². The molecule has 96 valence electrons. The van der Waals surface area contributed by atoms with Gasteiger partial charge >= 0.3 is 0 Å². The molecule has 0 radical (unpaired) electrons. The van der Waals surface area contributed by atoms with Crippen molar-refractivity contribution < 1.29 is 0 Å². The van der Waals surface area contributed by atoms with Crippen molar-refractivity contribution in [3.8, 4) is 11.5 Å². The molecule has 0 fully saturated rings. The van der Waals surface area contributed by atoms with Gasteiger partial charge in [-0.15, -0.1) is 20.4 Å². The van der Waals surface area contributed by atoms with Crippen LogP contribution < -0.4 is 5.32 Å². The van der Waals surface area contributed by atoms with Crippen LogP contribution in [-0.4, -0.2) is 57.3 Å². The molecule has 3 aromatic heterocycles. The fourth-order valence-electron chi connectivity index (χ4n) is 2.11. The monoisotopic (exact) mass is 259 g/mol. The Morgan fingerprint density at radius 1 is 1.16 bits per heavy atom. The number of fused-ring (bicyclic) bond motifs is 1. The van der Waals surface area contributed by atoms with E-state index in [1.807, 2.05) is 10.8 Å². The number of nitrogens with zero attached hydrogens (tertiary/aromatic N) is 8. The van der Waals surface area contributed by atoms with Gasteiger partial charge in [0, 0.05) is 19.3 Å². The zero-order valence-electron chi connectivity index (χ0n) is 9.65. The first-order valence-electron chi connectivity index (χ1n) is 5.68. The van der Waals surface area contributed by atoms with E-state index in [4.69, 9.17) is 0 Å². The number of rotatable bonds is 2. The van der Waals surface area contributed by atoms with Crippen molar-refractivity contribution in [2.75, 3.05) is 11.9 Å². The molecule has 1 unspecified atom stereocenters. The van der Waals surface area contributed by atoms with Crippen LogP contribution in [0.25, 0.3) is 11.5 Å². The average molecular weight is 259 g/mol. The van der Waals surface area contributed by atoms with E-state index in [0.717, 1.165) is 12.5 Å². The topological polar surface area (TPSA) is 139 Å². The Labute approximate surface area is 105 Å². The Morgan fingerprint density at radius 3 is 2.84 bits per heavy atom. The van der Waals surface area contributed by atoms with Crippen molar-refractivity contribution in [1.82, 2.24) is 50.8 Å². The maximum absolute atomic E-state index is 4.41. The van der Waals surface area contributed by atoms with E-state index < -0.39 is 0 Å². The number of tetrazole rings is 2. The van der Waals surface area contributed by atoms with Crippen molar-refractivity contribution in [1.29, 1.82) is 0 Å². The molecule has 0 aliphatic carbocycles. The van der Waals surface area contributed by atoms with Gasteiger partial charge in [0.15, 0.2) is 5.82 Å². The molecule has 0 spiro atoms. The molecule has 0 aromatic carbocycles. The van der Waals surface area contributed by atoms with Crippen molar-refractivity contribution in [3.05, 3.63) is 12.0 Å². The second-order valence-corrected chi connectivity index (χ2v) is 4.19. The smallest absolute Gasteiger partial charge is 0.224 e. The minimum atomic E-state index is 0.151. The number of nitrogens with one attached hydrogen (secondary N) is 3. The summed E-state index contributed by atoms with van der Waals surface area (Å²) < 4.78 is 1.98. The van der Waals surface area contributed by atoms with Crippen LogP contribution in [-0.2, 0) is 6.54 Å². The summed E-state index contributed by atoms with van der Waals surface area (Å²) in [6.45, 7) is 1.44. The van der Waals surface area contributed by atoms with E-state index in [-0.39, 0.29) is 5.92 Å². The minimum Gasteiger partial charge on any atom is -0.355 e. The third-order valence-corrected chi connectivity index (χ3v) is 3.00. The molecule has 3 N–H and O–H groups in total. The zero-order chi connectivity index (χ0) is 12.7. The van der Waals surface area contributed by atoms with Gasteiger partial charge in [-0.25, -0.2) is 4.98 Å². The predicted octanol–water partition coefficient (Wildman–Crippen LogP) is -1.21. The van der Waals surface area contributed by atoms with E-state index in [1.54, 1.807) is 0 Å². The van der Waals surface area contributed by atoms with Crippen LogP contribution in [0.5, 0.6) is 0 Å². The number of aromatic amines is 2. The van der Waals surface area contributed by atoms with Gasteiger partial charge in [0.2, 0.25) is 11.8 Å². The molecular weight excluding hydrogens is 250 g/mol. The highest BCUT2D eigenvalue weighted by atomic mass is 15.5. The highest BCUT2D eigenvalue weighted by Crippen LogP contribution is 2.25. The van der Waals surface area contributed by atoms with E-state index >= 15 is 0 Å². The molecule has 1 aliphatic heterocycles. The lowest BCUT2D eigenvalue weighted by molar-refractivity contribution is 0.526. The Morgan fingerprint density at radius 2 is 2.05 bits per heavy atom. The summed E-state index contributed by atoms with van der Waals surface area (Å²) in [5, 5.41) is 31.0. The zero-order valence-corrected chi connectivity index (χ0v) is 9.65. The molecule has 11 nitrogen and oxygen atoms in total. The Bertz CT molecular complexity index is 666. The van der Waals surface area contributed by atoms with Gasteiger partial charge in [-0.3, -0.25) is 0 Å². The molecule has 4 rings (SSSR count). The molecule has 3 aromatic rings. The third-order valence-electron chi connectivity index (χ3n) is 3.00. The SMILES string of the molecule is c1c(-c2nn[nH]n2)nc2n1CC(c1nn[nH]n1)CN2. The fourth-order valence-corrected chi connectivity index (χ4v) is 2.11. The quantitative estimate of drug-likeness (QED) is 0.520. The highest BCUT2D eigenvalue weighted by Gasteiger charge is 2.25. The van der Waals surface area contributed by atoms with E-state index in [2.05, 4.69) is 51.5 Å². The highest BCUT2D eigenvalue weighted by molar-refractivity contribution is 5.51. The summed E-state index contributed by atoms with van der Waals surface area (Å²) in [6.07, 6.45) is 1.87. The minimum absolute atomic E-state index is 0.151. The van der Waals surface area contributed by atoms with Gasteiger partial charge in [-0.1, -0.05) is 5.21 Å². The number of aromatic nitrogens is 10. The van der Waals surface area contributed by atoms with Crippen LogP contribution >= 0.6 is 0 Å². The standard InChI is InChI=1S/C8H9N11/c1-4(6-11-15-16-12-6)2-19-3-5(10-8(19)9-1)7-13-17-18-14-7/h3-4H,1-2H2,(H,9,10)(H,11,12,15,16)(H,13,14,17,18). The van der Waals surface area contributed by atoms with Crippen molar-refractivity contribution >= 4 is 5.95 Å². The average Bonchev–Trinajstić information content (AvgIpc) is 3.18. The predicted molar refractivity (Wildman–Crippen MR) is 60.8 cm³/mol. The van der Waals surface area contributed by atoms with Crippen LogP contribution in [0.3, 0.4) is 0 Å². The largest absolute Gasteiger partial charge is 0.355 e. The third kappa shape index (κ3) is 1.63. The van der Waals surface area contributed by atoms with Gasteiger partial charge in [0.05, 0.1) is 5.92 Å². The lowest BCUT2D eigenvalue weighted by Gasteiger charge is -2.22. The van der Waals surface area contributed by atoms with Gasteiger partial charge in [-0.05, 0) is 5.21 Å². The summed E-state index contributed by atoms with van der Waals surface area (Å²) in [5.41, 5.74) is 0.671. The number of H-pyrrole nitrogens is 2.